The topological polar surface area (TPSA) is 96.7 Å². The van der Waals surface area contributed by atoms with E-state index in [1.807, 2.05) is 0 Å². The van der Waals surface area contributed by atoms with Crippen molar-refractivity contribution in [2.75, 3.05) is 11.1 Å². The predicted molar refractivity (Wildman–Crippen MR) is 70.2 cm³/mol. The molecule has 2 aromatic rings. The summed E-state index contributed by atoms with van der Waals surface area (Å²) in [4.78, 5) is 15.4. The largest absolute Gasteiger partial charge is 0.366 e. The fourth-order valence-corrected chi connectivity index (χ4v) is 1.77. The molecule has 9 heteroatoms. The van der Waals surface area contributed by atoms with Gasteiger partial charge in [-0.1, -0.05) is 34.8 Å². The van der Waals surface area contributed by atoms with Gasteiger partial charge >= 0.3 is 0 Å². The minimum atomic E-state index is -0.542. The lowest BCUT2D eigenvalue weighted by molar-refractivity contribution is 0.101. The third-order valence-electron chi connectivity index (χ3n) is 1.98. The van der Waals surface area contributed by atoms with Crippen LogP contribution in [0, 0.1) is 0 Å². The number of nitrogens with two attached hydrogens (primary N) is 1. The molecule has 4 N–H and O–H groups in total. The second kappa shape index (κ2) is 5.01. The molecule has 0 spiro atoms. The number of hydrogen-bond donors (Lipinski definition) is 3. The minimum Gasteiger partial charge on any atom is -0.366 e. The maximum absolute atomic E-state index is 11.7. The molecule has 2 rings (SSSR count). The third kappa shape index (κ3) is 2.66. The lowest BCUT2D eigenvalue weighted by atomic mass is 10.3. The Balaban J connectivity index is 2.24. The highest BCUT2D eigenvalue weighted by Gasteiger charge is 2.14. The molecule has 6 nitrogen and oxygen atoms in total. The van der Waals surface area contributed by atoms with E-state index in [-0.39, 0.29) is 21.8 Å². The van der Waals surface area contributed by atoms with E-state index in [9.17, 15) is 4.79 Å². The lowest BCUT2D eigenvalue weighted by Crippen LogP contribution is -2.14. The van der Waals surface area contributed by atoms with Gasteiger partial charge in [-0.3, -0.25) is 9.89 Å². The standard InChI is InChI=1S/C9H6Cl3N5O/c10-3-1-5(12)6(2-4(3)11)14-8(18)7-15-9(13)17-16-7/h1-2H,(H,14,18)(H3,13,15,16,17). The van der Waals surface area contributed by atoms with Gasteiger partial charge in [-0.15, -0.1) is 5.10 Å². The first-order valence-corrected chi connectivity index (χ1v) is 5.74. The molecule has 1 aromatic carbocycles. The number of carbonyl (C=O) groups is 1. The molecule has 0 saturated carbocycles. The first kappa shape index (κ1) is 12.9. The van der Waals surface area contributed by atoms with E-state index in [4.69, 9.17) is 40.5 Å². The van der Waals surface area contributed by atoms with Crippen molar-refractivity contribution in [3.63, 3.8) is 0 Å². The maximum Gasteiger partial charge on any atom is 0.293 e. The van der Waals surface area contributed by atoms with Crippen molar-refractivity contribution in [3.05, 3.63) is 33.0 Å². The second-order valence-electron chi connectivity index (χ2n) is 3.24. The highest BCUT2D eigenvalue weighted by atomic mass is 35.5. The summed E-state index contributed by atoms with van der Waals surface area (Å²) in [5.74, 6) is -0.602. The molecule has 0 unspecified atom stereocenters. The number of aromatic amines is 1. The van der Waals surface area contributed by atoms with Gasteiger partial charge in [-0.25, -0.2) is 0 Å². The van der Waals surface area contributed by atoms with Crippen molar-refractivity contribution in [1.29, 1.82) is 0 Å². The molecule has 1 amide bonds. The lowest BCUT2D eigenvalue weighted by Gasteiger charge is -2.07. The van der Waals surface area contributed by atoms with Gasteiger partial charge in [0.25, 0.3) is 5.91 Å². The Labute approximate surface area is 116 Å². The molecular formula is C9H6Cl3N5O. The van der Waals surface area contributed by atoms with Crippen molar-refractivity contribution < 1.29 is 4.79 Å². The Morgan fingerprint density at radius 1 is 1.22 bits per heavy atom. The summed E-state index contributed by atoms with van der Waals surface area (Å²) in [5, 5.41) is 9.23. The van der Waals surface area contributed by atoms with E-state index < -0.39 is 5.91 Å². The summed E-state index contributed by atoms with van der Waals surface area (Å²) in [6, 6.07) is 2.86. The third-order valence-corrected chi connectivity index (χ3v) is 3.01. The summed E-state index contributed by atoms with van der Waals surface area (Å²) in [6.45, 7) is 0. The van der Waals surface area contributed by atoms with Crippen molar-refractivity contribution in [1.82, 2.24) is 15.2 Å². The number of amides is 1. The number of H-pyrrole nitrogens is 1. The van der Waals surface area contributed by atoms with Crippen LogP contribution in [0.25, 0.3) is 0 Å². The SMILES string of the molecule is Nc1n[nH]c(C(=O)Nc2cc(Cl)c(Cl)cc2Cl)n1. The number of halogens is 3. The van der Waals surface area contributed by atoms with E-state index in [0.717, 1.165) is 0 Å². The van der Waals surface area contributed by atoms with Crippen LogP contribution < -0.4 is 11.1 Å². The van der Waals surface area contributed by atoms with E-state index in [2.05, 4.69) is 20.5 Å². The molecule has 0 fully saturated rings. The Morgan fingerprint density at radius 3 is 2.50 bits per heavy atom. The fourth-order valence-electron chi connectivity index (χ4n) is 1.18. The predicted octanol–water partition coefficient (Wildman–Crippen LogP) is 2.60. The fraction of sp³-hybridized carbons (Fsp3) is 0. The van der Waals surface area contributed by atoms with Gasteiger partial charge in [0, 0.05) is 0 Å². The van der Waals surface area contributed by atoms with Gasteiger partial charge in [-0.2, -0.15) is 4.98 Å². The molecule has 0 aliphatic rings. The smallest absolute Gasteiger partial charge is 0.293 e. The summed E-state index contributed by atoms with van der Waals surface area (Å²) in [7, 11) is 0. The highest BCUT2D eigenvalue weighted by Crippen LogP contribution is 2.32. The Bertz CT molecular complexity index is 612. The van der Waals surface area contributed by atoms with Crippen LogP contribution in [0.2, 0.25) is 15.1 Å². The number of nitrogens with zero attached hydrogens (tertiary/aromatic N) is 2. The van der Waals surface area contributed by atoms with Crippen molar-refractivity contribution >= 4 is 52.3 Å². The Morgan fingerprint density at radius 2 is 1.89 bits per heavy atom. The average molecular weight is 307 g/mol. The van der Waals surface area contributed by atoms with Gasteiger partial charge in [0.2, 0.25) is 11.8 Å². The number of anilines is 2. The van der Waals surface area contributed by atoms with Gasteiger partial charge < -0.3 is 11.1 Å². The van der Waals surface area contributed by atoms with Crippen LogP contribution in [-0.2, 0) is 0 Å². The monoisotopic (exact) mass is 305 g/mol. The molecule has 94 valence electrons. The number of benzene rings is 1. The van der Waals surface area contributed by atoms with Crippen LogP contribution in [-0.4, -0.2) is 21.1 Å². The number of carbonyl (C=O) groups excluding carboxylic acids is 1. The molecule has 1 heterocycles. The molecule has 0 bridgehead atoms. The number of rotatable bonds is 2. The van der Waals surface area contributed by atoms with Crippen LogP contribution in [0.3, 0.4) is 0 Å². The number of aromatic nitrogens is 3. The van der Waals surface area contributed by atoms with Crippen LogP contribution in [0.4, 0.5) is 11.6 Å². The second-order valence-corrected chi connectivity index (χ2v) is 4.46. The zero-order chi connectivity index (χ0) is 13.3. The van der Waals surface area contributed by atoms with E-state index in [1.165, 1.54) is 12.1 Å². The zero-order valence-corrected chi connectivity index (χ0v) is 10.9. The van der Waals surface area contributed by atoms with Gasteiger partial charge in [0.15, 0.2) is 0 Å². The van der Waals surface area contributed by atoms with Gasteiger partial charge in [0.1, 0.15) is 0 Å². The maximum atomic E-state index is 11.7. The van der Waals surface area contributed by atoms with E-state index in [1.54, 1.807) is 0 Å². The molecule has 18 heavy (non-hydrogen) atoms. The average Bonchev–Trinajstić information content (AvgIpc) is 2.73. The van der Waals surface area contributed by atoms with Crippen molar-refractivity contribution in [3.8, 4) is 0 Å². The van der Waals surface area contributed by atoms with Crippen LogP contribution in [0.1, 0.15) is 10.6 Å². The molecule has 0 radical (unpaired) electrons. The van der Waals surface area contributed by atoms with Gasteiger partial charge in [0.05, 0.1) is 20.8 Å². The molecule has 0 saturated heterocycles. The number of hydrogen-bond acceptors (Lipinski definition) is 4. The van der Waals surface area contributed by atoms with Crippen molar-refractivity contribution in [2.45, 2.75) is 0 Å². The number of nitrogen functional groups attached to an aromatic ring is 1. The summed E-state index contributed by atoms with van der Waals surface area (Å²) < 4.78 is 0. The normalized spacial score (nSPS) is 10.4. The van der Waals surface area contributed by atoms with E-state index >= 15 is 0 Å². The Hall–Kier alpha value is -1.50. The Kier molecular flexibility index (Phi) is 3.60. The zero-order valence-electron chi connectivity index (χ0n) is 8.67. The van der Waals surface area contributed by atoms with E-state index in [0.29, 0.717) is 10.7 Å². The van der Waals surface area contributed by atoms with Crippen molar-refractivity contribution in [2.24, 2.45) is 0 Å². The minimum absolute atomic E-state index is 0.0274. The molecule has 0 atom stereocenters. The first-order chi connectivity index (χ1) is 8.47. The van der Waals surface area contributed by atoms with Gasteiger partial charge in [-0.05, 0) is 12.1 Å². The molecular weight excluding hydrogens is 300 g/mol. The quantitative estimate of drug-likeness (QED) is 0.743. The summed E-state index contributed by atoms with van der Waals surface area (Å²) in [5.41, 5.74) is 5.60. The van der Waals surface area contributed by atoms with Crippen LogP contribution in [0.15, 0.2) is 12.1 Å². The molecule has 0 aliphatic heterocycles. The number of nitrogens with one attached hydrogen (secondary N) is 2. The summed E-state index contributed by atoms with van der Waals surface area (Å²) in [6.07, 6.45) is 0. The first-order valence-electron chi connectivity index (χ1n) is 4.61. The summed E-state index contributed by atoms with van der Waals surface area (Å²) >= 11 is 17.5. The van der Waals surface area contributed by atoms with Crippen LogP contribution >= 0.6 is 34.8 Å². The van der Waals surface area contributed by atoms with Crippen LogP contribution in [0.5, 0.6) is 0 Å². The molecule has 0 aliphatic carbocycles. The highest BCUT2D eigenvalue weighted by molar-refractivity contribution is 6.44. The molecule has 1 aromatic heterocycles.